The molecule has 1 heterocycles. The summed E-state index contributed by atoms with van der Waals surface area (Å²) < 4.78 is 0. The lowest BCUT2D eigenvalue weighted by atomic mass is 10.1. The number of hydrogen-bond donors (Lipinski definition) is 3. The molecule has 0 spiro atoms. The van der Waals surface area contributed by atoms with Crippen LogP contribution in [-0.4, -0.2) is 35.6 Å². The maximum atomic E-state index is 11.7. The molecular formula is C11H12N4O2. The van der Waals surface area contributed by atoms with Crippen LogP contribution in [-0.2, 0) is 4.79 Å². The molecule has 3 N–H and O–H groups in total. The van der Waals surface area contributed by atoms with Gasteiger partial charge in [-0.25, -0.2) is 0 Å². The molecule has 0 saturated carbocycles. The summed E-state index contributed by atoms with van der Waals surface area (Å²) in [5, 5.41) is 12.5. The number of carbonyl (C=O) groups excluding carboxylic acids is 2. The van der Waals surface area contributed by atoms with E-state index in [-0.39, 0.29) is 18.4 Å². The topological polar surface area (TPSA) is 86.9 Å². The van der Waals surface area contributed by atoms with Crippen molar-refractivity contribution < 1.29 is 9.59 Å². The second kappa shape index (κ2) is 4.65. The van der Waals surface area contributed by atoms with Crippen molar-refractivity contribution >= 4 is 22.7 Å². The molecule has 2 aromatic rings. The van der Waals surface area contributed by atoms with E-state index in [1.54, 1.807) is 24.4 Å². The van der Waals surface area contributed by atoms with E-state index in [1.807, 2.05) is 0 Å². The Labute approximate surface area is 97.4 Å². The van der Waals surface area contributed by atoms with Gasteiger partial charge in [-0.15, -0.1) is 0 Å². The minimum atomic E-state index is -0.281. The van der Waals surface area contributed by atoms with Gasteiger partial charge in [0.15, 0.2) is 0 Å². The van der Waals surface area contributed by atoms with Crippen LogP contribution in [0, 0.1) is 0 Å². The van der Waals surface area contributed by atoms with Crippen molar-refractivity contribution in [3.8, 4) is 0 Å². The molecule has 0 fully saturated rings. The standard InChI is InChI=1S/C11H12N4O2/c1-12-10(16)6-13-11(17)7-2-3-9-8(4-7)5-14-15-9/h2-5H,6H2,1H3,(H,12,16)(H,13,17)(H,14,15). The van der Waals surface area contributed by atoms with Gasteiger partial charge in [-0.1, -0.05) is 0 Å². The first-order valence-electron chi connectivity index (χ1n) is 5.12. The molecule has 1 aromatic carbocycles. The Hall–Kier alpha value is -2.37. The number of nitrogens with zero attached hydrogens (tertiary/aromatic N) is 1. The van der Waals surface area contributed by atoms with Gasteiger partial charge in [0.05, 0.1) is 18.3 Å². The largest absolute Gasteiger partial charge is 0.358 e. The van der Waals surface area contributed by atoms with Crippen LogP contribution < -0.4 is 10.6 Å². The monoisotopic (exact) mass is 232 g/mol. The molecule has 0 aliphatic carbocycles. The molecule has 0 aliphatic heterocycles. The average Bonchev–Trinajstić information content (AvgIpc) is 2.82. The summed E-state index contributed by atoms with van der Waals surface area (Å²) in [7, 11) is 1.52. The summed E-state index contributed by atoms with van der Waals surface area (Å²) in [4.78, 5) is 22.7. The summed E-state index contributed by atoms with van der Waals surface area (Å²) in [6.07, 6.45) is 1.64. The fraction of sp³-hybridized carbons (Fsp3) is 0.182. The van der Waals surface area contributed by atoms with Crippen molar-refractivity contribution in [3.05, 3.63) is 30.0 Å². The van der Waals surface area contributed by atoms with Gasteiger partial charge < -0.3 is 10.6 Å². The molecule has 0 radical (unpaired) electrons. The maximum absolute atomic E-state index is 11.7. The smallest absolute Gasteiger partial charge is 0.251 e. The van der Waals surface area contributed by atoms with Crippen molar-refractivity contribution in [1.82, 2.24) is 20.8 Å². The first-order valence-corrected chi connectivity index (χ1v) is 5.12. The fourth-order valence-electron chi connectivity index (χ4n) is 1.43. The lowest BCUT2D eigenvalue weighted by Gasteiger charge is -2.04. The van der Waals surface area contributed by atoms with Crippen molar-refractivity contribution in [3.63, 3.8) is 0 Å². The number of fused-ring (bicyclic) bond motifs is 1. The zero-order valence-corrected chi connectivity index (χ0v) is 9.28. The van der Waals surface area contributed by atoms with E-state index in [9.17, 15) is 9.59 Å². The highest BCUT2D eigenvalue weighted by Gasteiger charge is 2.08. The number of nitrogens with one attached hydrogen (secondary N) is 3. The number of amides is 2. The number of benzene rings is 1. The second-order valence-electron chi connectivity index (χ2n) is 3.53. The first-order chi connectivity index (χ1) is 8.20. The molecule has 2 rings (SSSR count). The number of likely N-dealkylation sites (N-methyl/N-ethyl adjacent to an activating group) is 1. The minimum Gasteiger partial charge on any atom is -0.358 e. The molecule has 0 unspecified atom stereocenters. The second-order valence-corrected chi connectivity index (χ2v) is 3.53. The molecule has 0 bridgehead atoms. The highest BCUT2D eigenvalue weighted by molar-refractivity contribution is 5.99. The van der Waals surface area contributed by atoms with Crippen LogP contribution in [0.1, 0.15) is 10.4 Å². The molecule has 0 aliphatic rings. The van der Waals surface area contributed by atoms with Gasteiger partial charge in [-0.05, 0) is 18.2 Å². The predicted molar refractivity (Wildman–Crippen MR) is 62.5 cm³/mol. The van der Waals surface area contributed by atoms with Crippen LogP contribution >= 0.6 is 0 Å². The third-order valence-corrected chi connectivity index (χ3v) is 2.39. The molecule has 6 heteroatoms. The van der Waals surface area contributed by atoms with Gasteiger partial charge >= 0.3 is 0 Å². The van der Waals surface area contributed by atoms with Gasteiger partial charge in [-0.3, -0.25) is 14.7 Å². The van der Waals surface area contributed by atoms with Gasteiger partial charge in [0, 0.05) is 18.0 Å². The molecule has 6 nitrogen and oxygen atoms in total. The van der Waals surface area contributed by atoms with Crippen molar-refractivity contribution in [1.29, 1.82) is 0 Å². The van der Waals surface area contributed by atoms with Crippen molar-refractivity contribution in [2.24, 2.45) is 0 Å². The van der Waals surface area contributed by atoms with Crippen molar-refractivity contribution in [2.75, 3.05) is 13.6 Å². The Balaban J connectivity index is 2.10. The van der Waals surface area contributed by atoms with Crippen LogP contribution in [0.15, 0.2) is 24.4 Å². The van der Waals surface area contributed by atoms with E-state index in [2.05, 4.69) is 20.8 Å². The number of carbonyl (C=O) groups is 2. The zero-order valence-electron chi connectivity index (χ0n) is 9.28. The fourth-order valence-corrected chi connectivity index (χ4v) is 1.43. The van der Waals surface area contributed by atoms with Gasteiger partial charge in [-0.2, -0.15) is 5.10 Å². The average molecular weight is 232 g/mol. The lowest BCUT2D eigenvalue weighted by molar-refractivity contribution is -0.119. The maximum Gasteiger partial charge on any atom is 0.251 e. The zero-order chi connectivity index (χ0) is 12.3. The molecule has 1 aromatic heterocycles. The van der Waals surface area contributed by atoms with Gasteiger partial charge in [0.1, 0.15) is 0 Å². The van der Waals surface area contributed by atoms with E-state index in [4.69, 9.17) is 0 Å². The minimum absolute atomic E-state index is 0.0290. The normalized spacial score (nSPS) is 10.2. The summed E-state index contributed by atoms with van der Waals surface area (Å²) in [5.41, 5.74) is 1.37. The summed E-state index contributed by atoms with van der Waals surface area (Å²) in [6, 6.07) is 5.18. The predicted octanol–water partition coefficient (Wildman–Crippen LogP) is 0.0387. The summed E-state index contributed by atoms with van der Waals surface area (Å²) in [5.74, 6) is -0.514. The van der Waals surface area contributed by atoms with E-state index >= 15 is 0 Å². The number of rotatable bonds is 3. The molecule has 0 atom stereocenters. The highest BCUT2D eigenvalue weighted by Crippen LogP contribution is 2.12. The van der Waals surface area contributed by atoms with Crippen molar-refractivity contribution in [2.45, 2.75) is 0 Å². The number of hydrogen-bond acceptors (Lipinski definition) is 3. The van der Waals surface area contributed by atoms with Gasteiger partial charge in [0.2, 0.25) is 5.91 Å². The Morgan fingerprint density at radius 1 is 1.41 bits per heavy atom. The Kier molecular flexibility index (Phi) is 3.04. The summed E-state index contributed by atoms with van der Waals surface area (Å²) >= 11 is 0. The van der Waals surface area contributed by atoms with Crippen LogP contribution in [0.4, 0.5) is 0 Å². The van der Waals surface area contributed by atoms with Crippen LogP contribution in [0.25, 0.3) is 10.9 Å². The highest BCUT2D eigenvalue weighted by atomic mass is 16.2. The third kappa shape index (κ3) is 2.41. The Morgan fingerprint density at radius 3 is 3.00 bits per heavy atom. The molecule has 0 saturated heterocycles. The van der Waals surface area contributed by atoms with E-state index in [0.29, 0.717) is 5.56 Å². The molecular weight excluding hydrogens is 220 g/mol. The molecule has 17 heavy (non-hydrogen) atoms. The third-order valence-electron chi connectivity index (χ3n) is 2.39. The quantitative estimate of drug-likeness (QED) is 0.698. The van der Waals surface area contributed by atoms with Crippen LogP contribution in [0.5, 0.6) is 0 Å². The number of H-pyrrole nitrogens is 1. The number of aromatic amines is 1. The Bertz CT molecular complexity index is 561. The molecule has 88 valence electrons. The summed E-state index contributed by atoms with van der Waals surface area (Å²) in [6.45, 7) is -0.0290. The van der Waals surface area contributed by atoms with Crippen LogP contribution in [0.2, 0.25) is 0 Å². The lowest BCUT2D eigenvalue weighted by Crippen LogP contribution is -2.35. The van der Waals surface area contributed by atoms with E-state index in [0.717, 1.165) is 10.9 Å². The van der Waals surface area contributed by atoms with Crippen LogP contribution in [0.3, 0.4) is 0 Å². The van der Waals surface area contributed by atoms with Gasteiger partial charge in [0.25, 0.3) is 5.91 Å². The SMILES string of the molecule is CNC(=O)CNC(=O)c1ccc2[nH]ncc2c1. The van der Waals surface area contributed by atoms with E-state index < -0.39 is 0 Å². The number of aromatic nitrogens is 2. The van der Waals surface area contributed by atoms with E-state index in [1.165, 1.54) is 7.05 Å². The Morgan fingerprint density at radius 2 is 2.24 bits per heavy atom. The molecule has 2 amide bonds. The first kappa shape index (κ1) is 11.1.